The second-order valence-electron chi connectivity index (χ2n) is 5.23. The Morgan fingerprint density at radius 1 is 1.17 bits per heavy atom. The first-order valence-electron chi connectivity index (χ1n) is 6.99. The minimum atomic E-state index is -3.60. The van der Waals surface area contributed by atoms with E-state index in [-0.39, 0.29) is 16.5 Å². The molecule has 0 spiro atoms. The first-order chi connectivity index (χ1) is 11.0. The van der Waals surface area contributed by atoms with Gasteiger partial charge in [-0.25, -0.2) is 13.1 Å². The fraction of sp³-hybridized carbons (Fsp3) is 0.200. The molecule has 23 heavy (non-hydrogen) atoms. The van der Waals surface area contributed by atoms with Crippen molar-refractivity contribution in [3.05, 3.63) is 52.8 Å². The zero-order valence-electron chi connectivity index (χ0n) is 12.0. The van der Waals surface area contributed by atoms with Crippen molar-refractivity contribution in [2.75, 3.05) is 5.32 Å². The minimum absolute atomic E-state index is 0.0118. The highest BCUT2D eigenvalue weighted by atomic mass is 79.9. The van der Waals surface area contributed by atoms with Gasteiger partial charge in [0.1, 0.15) is 0 Å². The third-order valence-electron chi connectivity index (χ3n) is 3.33. The lowest BCUT2D eigenvalue weighted by molar-refractivity contribution is 0.102. The van der Waals surface area contributed by atoms with Crippen molar-refractivity contribution < 1.29 is 13.2 Å². The molecule has 1 aliphatic carbocycles. The summed E-state index contributed by atoms with van der Waals surface area (Å²) in [6.45, 7) is 0. The summed E-state index contributed by atoms with van der Waals surface area (Å²) in [5.41, 5.74) is 0.835. The van der Waals surface area contributed by atoms with Crippen LogP contribution in [0.1, 0.15) is 23.2 Å². The molecule has 8 heteroatoms. The summed E-state index contributed by atoms with van der Waals surface area (Å²) in [5, 5.41) is 2.71. The zero-order chi connectivity index (χ0) is 16.4. The molecule has 120 valence electrons. The van der Waals surface area contributed by atoms with E-state index in [0.29, 0.717) is 10.2 Å². The van der Waals surface area contributed by atoms with E-state index in [2.05, 4.69) is 31.0 Å². The van der Waals surface area contributed by atoms with Crippen LogP contribution in [0.2, 0.25) is 0 Å². The smallest absolute Gasteiger partial charge is 0.256 e. The van der Waals surface area contributed by atoms with Gasteiger partial charge in [0, 0.05) is 28.6 Å². The summed E-state index contributed by atoms with van der Waals surface area (Å²) in [4.78, 5) is 16.3. The largest absolute Gasteiger partial charge is 0.322 e. The molecule has 0 bridgehead atoms. The SMILES string of the molecule is O=C(Nc1ccncc1)c1cc(S(=O)(=O)NC2CC2)ccc1Br. The fourth-order valence-electron chi connectivity index (χ4n) is 1.97. The summed E-state index contributed by atoms with van der Waals surface area (Å²) in [6, 6.07) is 7.71. The Balaban J connectivity index is 1.86. The van der Waals surface area contributed by atoms with Gasteiger partial charge in [0.25, 0.3) is 5.91 Å². The Hall–Kier alpha value is -1.77. The second-order valence-corrected chi connectivity index (χ2v) is 7.80. The van der Waals surface area contributed by atoms with Gasteiger partial charge in [0.05, 0.1) is 10.5 Å². The fourth-order valence-corrected chi connectivity index (χ4v) is 3.73. The molecule has 1 heterocycles. The molecule has 1 aromatic heterocycles. The highest BCUT2D eigenvalue weighted by molar-refractivity contribution is 9.10. The van der Waals surface area contributed by atoms with E-state index in [1.165, 1.54) is 12.1 Å². The van der Waals surface area contributed by atoms with Crippen LogP contribution in [0.25, 0.3) is 0 Å². The number of aromatic nitrogens is 1. The second kappa shape index (κ2) is 6.38. The van der Waals surface area contributed by atoms with E-state index in [4.69, 9.17) is 0 Å². The molecule has 1 saturated carbocycles. The third kappa shape index (κ3) is 3.95. The number of amides is 1. The number of carbonyl (C=O) groups is 1. The monoisotopic (exact) mass is 395 g/mol. The van der Waals surface area contributed by atoms with Crippen LogP contribution in [0.15, 0.2) is 52.1 Å². The minimum Gasteiger partial charge on any atom is -0.322 e. The van der Waals surface area contributed by atoms with E-state index in [0.717, 1.165) is 12.8 Å². The van der Waals surface area contributed by atoms with Gasteiger partial charge in [-0.15, -0.1) is 0 Å². The third-order valence-corrected chi connectivity index (χ3v) is 5.54. The number of anilines is 1. The predicted molar refractivity (Wildman–Crippen MR) is 89.7 cm³/mol. The lowest BCUT2D eigenvalue weighted by Gasteiger charge is -2.10. The molecule has 1 amide bonds. The van der Waals surface area contributed by atoms with E-state index < -0.39 is 15.9 Å². The number of carbonyl (C=O) groups excluding carboxylic acids is 1. The molecule has 1 fully saturated rings. The van der Waals surface area contributed by atoms with Crippen LogP contribution in [-0.4, -0.2) is 25.4 Å². The normalized spacial score (nSPS) is 14.5. The maximum atomic E-state index is 12.4. The molecule has 3 rings (SSSR count). The van der Waals surface area contributed by atoms with Crippen molar-refractivity contribution in [2.45, 2.75) is 23.8 Å². The number of halogens is 1. The first kappa shape index (κ1) is 16.1. The van der Waals surface area contributed by atoms with Crippen LogP contribution in [0.3, 0.4) is 0 Å². The lowest BCUT2D eigenvalue weighted by atomic mass is 10.2. The highest BCUT2D eigenvalue weighted by Gasteiger charge is 2.28. The Kier molecular flexibility index (Phi) is 4.47. The van der Waals surface area contributed by atoms with Crippen molar-refractivity contribution in [1.82, 2.24) is 9.71 Å². The Morgan fingerprint density at radius 2 is 1.87 bits per heavy atom. The Morgan fingerprint density at radius 3 is 2.52 bits per heavy atom. The number of nitrogens with one attached hydrogen (secondary N) is 2. The Labute approximate surface area is 142 Å². The molecule has 0 atom stereocenters. The molecular weight excluding hydrogens is 382 g/mol. The van der Waals surface area contributed by atoms with Crippen LogP contribution in [0.4, 0.5) is 5.69 Å². The lowest BCUT2D eigenvalue weighted by Crippen LogP contribution is -2.26. The first-order valence-corrected chi connectivity index (χ1v) is 9.26. The van der Waals surface area contributed by atoms with Crippen LogP contribution in [0, 0.1) is 0 Å². The van der Waals surface area contributed by atoms with Crippen molar-refractivity contribution >= 4 is 37.5 Å². The van der Waals surface area contributed by atoms with E-state index in [1.807, 2.05) is 0 Å². The number of hydrogen-bond donors (Lipinski definition) is 2. The number of nitrogens with zero attached hydrogens (tertiary/aromatic N) is 1. The van der Waals surface area contributed by atoms with Crippen molar-refractivity contribution in [2.24, 2.45) is 0 Å². The van der Waals surface area contributed by atoms with Crippen LogP contribution in [-0.2, 0) is 10.0 Å². The quantitative estimate of drug-likeness (QED) is 0.813. The molecule has 0 aliphatic heterocycles. The van der Waals surface area contributed by atoms with Gasteiger partial charge in [0.2, 0.25) is 10.0 Å². The highest BCUT2D eigenvalue weighted by Crippen LogP contribution is 2.25. The van der Waals surface area contributed by atoms with Gasteiger partial charge in [-0.05, 0) is 59.1 Å². The maximum Gasteiger partial charge on any atom is 0.256 e. The van der Waals surface area contributed by atoms with Gasteiger partial charge in [-0.3, -0.25) is 9.78 Å². The van der Waals surface area contributed by atoms with E-state index in [9.17, 15) is 13.2 Å². The Bertz CT molecular complexity index is 836. The molecule has 2 aromatic rings. The number of hydrogen-bond acceptors (Lipinski definition) is 4. The number of sulfonamides is 1. The number of benzene rings is 1. The van der Waals surface area contributed by atoms with Crippen molar-refractivity contribution in [3.63, 3.8) is 0 Å². The number of pyridine rings is 1. The number of rotatable bonds is 5. The van der Waals surface area contributed by atoms with Gasteiger partial charge >= 0.3 is 0 Å². The van der Waals surface area contributed by atoms with Crippen LogP contribution in [0.5, 0.6) is 0 Å². The maximum absolute atomic E-state index is 12.4. The zero-order valence-corrected chi connectivity index (χ0v) is 14.4. The average Bonchev–Trinajstić information content (AvgIpc) is 3.31. The molecule has 2 N–H and O–H groups in total. The van der Waals surface area contributed by atoms with Crippen LogP contribution >= 0.6 is 15.9 Å². The topological polar surface area (TPSA) is 88.2 Å². The molecule has 1 aromatic carbocycles. The van der Waals surface area contributed by atoms with Gasteiger partial charge in [-0.2, -0.15) is 0 Å². The molecule has 0 radical (unpaired) electrons. The van der Waals surface area contributed by atoms with E-state index >= 15 is 0 Å². The molecule has 6 nitrogen and oxygen atoms in total. The van der Waals surface area contributed by atoms with Crippen molar-refractivity contribution in [1.29, 1.82) is 0 Å². The summed E-state index contributed by atoms with van der Waals surface area (Å²) >= 11 is 3.29. The van der Waals surface area contributed by atoms with Crippen molar-refractivity contribution in [3.8, 4) is 0 Å². The average molecular weight is 396 g/mol. The summed E-state index contributed by atoms with van der Waals surface area (Å²) in [6.07, 6.45) is 4.83. The summed E-state index contributed by atoms with van der Waals surface area (Å²) in [7, 11) is -3.60. The summed E-state index contributed by atoms with van der Waals surface area (Å²) < 4.78 is 27.6. The molecule has 0 unspecified atom stereocenters. The van der Waals surface area contributed by atoms with Gasteiger partial charge in [-0.1, -0.05) is 0 Å². The molecule has 1 aliphatic rings. The summed E-state index contributed by atoms with van der Waals surface area (Å²) in [5.74, 6) is -0.397. The molecular formula is C15H14BrN3O3S. The van der Waals surface area contributed by atoms with Crippen LogP contribution < -0.4 is 10.0 Å². The molecule has 0 saturated heterocycles. The van der Waals surface area contributed by atoms with E-state index in [1.54, 1.807) is 30.6 Å². The van der Waals surface area contributed by atoms with Gasteiger partial charge < -0.3 is 5.32 Å². The predicted octanol–water partition coefficient (Wildman–Crippen LogP) is 2.54. The van der Waals surface area contributed by atoms with Gasteiger partial charge in [0.15, 0.2) is 0 Å². The standard InChI is InChI=1S/C15H14BrN3O3S/c16-14-4-3-12(23(21,22)19-11-1-2-11)9-13(14)15(20)18-10-5-7-17-8-6-10/h3-9,11,19H,1-2H2,(H,17,18,20).